The number of carbonyl (C=O) groups excluding carboxylic acids is 2. The fraction of sp³-hybridized carbons (Fsp3) is 0.500. The molecule has 1 aliphatic rings. The summed E-state index contributed by atoms with van der Waals surface area (Å²) < 4.78 is 5.34. The second-order valence-corrected chi connectivity index (χ2v) is 5.62. The normalized spacial score (nSPS) is 15.6. The average molecular weight is 342 g/mol. The average Bonchev–Trinajstić information content (AvgIpc) is 2.47. The summed E-state index contributed by atoms with van der Waals surface area (Å²) >= 11 is 0. The molecule has 1 saturated heterocycles. The SMILES string of the molecule is COc1ccc(NC(=O)CC(C)N)cc1N1CCCCC1=O.Cl. The number of methoxy groups -OCH3 is 1. The van der Waals surface area contributed by atoms with E-state index >= 15 is 0 Å². The van der Waals surface area contributed by atoms with E-state index < -0.39 is 0 Å². The van der Waals surface area contributed by atoms with Crippen LogP contribution in [0.1, 0.15) is 32.6 Å². The number of halogens is 1. The standard InChI is InChI=1S/C16H23N3O3.ClH/c1-11(17)9-15(20)18-12-6-7-14(22-2)13(10-12)19-8-4-3-5-16(19)21;/h6-7,10-11H,3-5,8-9,17H2,1-2H3,(H,18,20);1H. The van der Waals surface area contributed by atoms with Gasteiger partial charge in [-0.25, -0.2) is 0 Å². The first-order valence-corrected chi connectivity index (χ1v) is 7.55. The van der Waals surface area contributed by atoms with Gasteiger partial charge in [-0.1, -0.05) is 0 Å². The van der Waals surface area contributed by atoms with Crippen LogP contribution in [0, 0.1) is 0 Å². The van der Waals surface area contributed by atoms with Gasteiger partial charge in [0.2, 0.25) is 11.8 Å². The molecule has 7 heteroatoms. The van der Waals surface area contributed by atoms with Crippen molar-refractivity contribution in [2.45, 2.75) is 38.6 Å². The Kier molecular flexibility index (Phi) is 7.32. The minimum Gasteiger partial charge on any atom is -0.495 e. The van der Waals surface area contributed by atoms with E-state index in [0.29, 0.717) is 30.1 Å². The first-order chi connectivity index (χ1) is 10.5. The second-order valence-electron chi connectivity index (χ2n) is 5.62. The maximum Gasteiger partial charge on any atom is 0.227 e. The highest BCUT2D eigenvalue weighted by atomic mass is 35.5. The number of hydrogen-bond acceptors (Lipinski definition) is 4. The van der Waals surface area contributed by atoms with Gasteiger partial charge in [0.25, 0.3) is 0 Å². The quantitative estimate of drug-likeness (QED) is 0.860. The monoisotopic (exact) mass is 341 g/mol. The highest BCUT2D eigenvalue weighted by Gasteiger charge is 2.23. The van der Waals surface area contributed by atoms with Crippen molar-refractivity contribution in [2.24, 2.45) is 5.73 Å². The van der Waals surface area contributed by atoms with E-state index in [1.807, 2.05) is 0 Å². The molecule has 0 radical (unpaired) electrons. The molecule has 1 fully saturated rings. The zero-order chi connectivity index (χ0) is 16.1. The molecular weight excluding hydrogens is 318 g/mol. The number of rotatable bonds is 5. The van der Waals surface area contributed by atoms with Gasteiger partial charge >= 0.3 is 0 Å². The number of carbonyl (C=O) groups is 2. The zero-order valence-electron chi connectivity index (χ0n) is 13.5. The summed E-state index contributed by atoms with van der Waals surface area (Å²) in [6, 6.07) is 5.11. The van der Waals surface area contributed by atoms with Crippen LogP contribution >= 0.6 is 12.4 Å². The Morgan fingerprint density at radius 2 is 2.17 bits per heavy atom. The highest BCUT2D eigenvalue weighted by Crippen LogP contribution is 2.33. The molecule has 23 heavy (non-hydrogen) atoms. The van der Waals surface area contributed by atoms with Gasteiger partial charge in [-0.15, -0.1) is 12.4 Å². The van der Waals surface area contributed by atoms with E-state index in [-0.39, 0.29) is 36.7 Å². The Balaban J connectivity index is 0.00000264. The van der Waals surface area contributed by atoms with Crippen molar-refractivity contribution >= 4 is 35.6 Å². The number of ether oxygens (including phenoxy) is 1. The van der Waals surface area contributed by atoms with Crippen molar-refractivity contribution in [3.05, 3.63) is 18.2 Å². The van der Waals surface area contributed by atoms with Crippen LogP contribution in [0.4, 0.5) is 11.4 Å². The molecular formula is C16H24ClN3O3. The Bertz CT molecular complexity index is 564. The van der Waals surface area contributed by atoms with Crippen molar-refractivity contribution in [3.63, 3.8) is 0 Å². The Hall–Kier alpha value is -1.79. The van der Waals surface area contributed by atoms with E-state index in [0.717, 1.165) is 12.8 Å². The number of nitrogens with one attached hydrogen (secondary N) is 1. The first kappa shape index (κ1) is 19.3. The molecule has 0 aromatic heterocycles. The molecule has 2 rings (SSSR count). The number of nitrogens with zero attached hydrogens (tertiary/aromatic N) is 1. The van der Waals surface area contributed by atoms with E-state index in [9.17, 15) is 9.59 Å². The third kappa shape index (κ3) is 5.11. The molecule has 1 heterocycles. The predicted octanol–water partition coefficient (Wildman–Crippen LogP) is 2.31. The number of piperidine rings is 1. The van der Waals surface area contributed by atoms with E-state index in [4.69, 9.17) is 10.5 Å². The smallest absolute Gasteiger partial charge is 0.227 e. The lowest BCUT2D eigenvalue weighted by Gasteiger charge is -2.28. The maximum absolute atomic E-state index is 12.1. The Labute approximate surface area is 142 Å². The van der Waals surface area contributed by atoms with Crippen LogP contribution in [0.15, 0.2) is 18.2 Å². The third-order valence-corrected chi connectivity index (χ3v) is 3.58. The third-order valence-electron chi connectivity index (χ3n) is 3.58. The summed E-state index contributed by atoms with van der Waals surface area (Å²) in [6.07, 6.45) is 2.69. The number of anilines is 2. The van der Waals surface area contributed by atoms with Gasteiger partial charge in [0.15, 0.2) is 0 Å². The van der Waals surface area contributed by atoms with Gasteiger partial charge in [0.1, 0.15) is 5.75 Å². The molecule has 3 N–H and O–H groups in total. The molecule has 1 unspecified atom stereocenters. The minimum absolute atomic E-state index is 0. The van der Waals surface area contributed by atoms with Crippen molar-refractivity contribution < 1.29 is 14.3 Å². The van der Waals surface area contributed by atoms with Gasteiger partial charge < -0.3 is 20.7 Å². The van der Waals surface area contributed by atoms with Crippen LogP contribution in [0.25, 0.3) is 0 Å². The molecule has 0 saturated carbocycles. The fourth-order valence-corrected chi connectivity index (χ4v) is 2.54. The van der Waals surface area contributed by atoms with E-state index in [1.54, 1.807) is 37.1 Å². The summed E-state index contributed by atoms with van der Waals surface area (Å²) in [5, 5.41) is 2.81. The van der Waals surface area contributed by atoms with Crippen molar-refractivity contribution in [3.8, 4) is 5.75 Å². The summed E-state index contributed by atoms with van der Waals surface area (Å²) in [5.74, 6) is 0.570. The van der Waals surface area contributed by atoms with Crippen LogP contribution < -0.4 is 20.7 Å². The van der Waals surface area contributed by atoms with Gasteiger partial charge in [-0.3, -0.25) is 9.59 Å². The van der Waals surface area contributed by atoms with Crippen molar-refractivity contribution in [2.75, 3.05) is 23.9 Å². The summed E-state index contributed by atoms with van der Waals surface area (Å²) in [6.45, 7) is 2.46. The van der Waals surface area contributed by atoms with Gasteiger partial charge in [0, 0.05) is 31.1 Å². The van der Waals surface area contributed by atoms with Crippen molar-refractivity contribution in [1.82, 2.24) is 0 Å². The number of benzene rings is 1. The lowest BCUT2D eigenvalue weighted by Crippen LogP contribution is -2.35. The first-order valence-electron chi connectivity index (χ1n) is 7.55. The molecule has 6 nitrogen and oxygen atoms in total. The zero-order valence-corrected chi connectivity index (χ0v) is 14.3. The maximum atomic E-state index is 12.1. The largest absolute Gasteiger partial charge is 0.495 e. The predicted molar refractivity (Wildman–Crippen MR) is 93.3 cm³/mol. The van der Waals surface area contributed by atoms with Crippen LogP contribution in [-0.2, 0) is 9.59 Å². The van der Waals surface area contributed by atoms with E-state index in [1.165, 1.54) is 0 Å². The number of hydrogen-bond donors (Lipinski definition) is 2. The molecule has 0 bridgehead atoms. The lowest BCUT2D eigenvalue weighted by molar-refractivity contribution is -0.119. The molecule has 2 amide bonds. The molecule has 1 aliphatic heterocycles. The second kappa shape index (κ2) is 8.74. The van der Waals surface area contributed by atoms with Gasteiger partial charge in [0.05, 0.1) is 12.8 Å². The minimum atomic E-state index is -0.193. The Morgan fingerprint density at radius 3 is 2.78 bits per heavy atom. The number of nitrogens with two attached hydrogens (primary N) is 1. The van der Waals surface area contributed by atoms with Gasteiger partial charge in [-0.2, -0.15) is 0 Å². The molecule has 1 aromatic carbocycles. The molecule has 0 aliphatic carbocycles. The van der Waals surface area contributed by atoms with Crippen LogP contribution in [-0.4, -0.2) is 31.5 Å². The van der Waals surface area contributed by atoms with Crippen molar-refractivity contribution in [1.29, 1.82) is 0 Å². The number of amides is 2. The summed E-state index contributed by atoms with van der Waals surface area (Å²) in [4.78, 5) is 25.7. The molecule has 1 aromatic rings. The topological polar surface area (TPSA) is 84.7 Å². The van der Waals surface area contributed by atoms with Gasteiger partial charge in [-0.05, 0) is 38.0 Å². The highest BCUT2D eigenvalue weighted by molar-refractivity contribution is 5.97. The molecule has 1 atom stereocenters. The van der Waals surface area contributed by atoms with E-state index in [2.05, 4.69) is 5.32 Å². The summed E-state index contributed by atoms with van der Waals surface area (Å²) in [5.41, 5.74) is 6.96. The van der Waals surface area contributed by atoms with Crippen LogP contribution in [0.2, 0.25) is 0 Å². The summed E-state index contributed by atoms with van der Waals surface area (Å²) in [7, 11) is 1.57. The lowest BCUT2D eigenvalue weighted by atomic mass is 10.1. The van der Waals surface area contributed by atoms with Crippen LogP contribution in [0.3, 0.4) is 0 Å². The Morgan fingerprint density at radius 1 is 1.43 bits per heavy atom. The molecule has 0 spiro atoms. The fourth-order valence-electron chi connectivity index (χ4n) is 2.54. The van der Waals surface area contributed by atoms with Crippen LogP contribution in [0.5, 0.6) is 5.75 Å². The molecule has 128 valence electrons.